The lowest BCUT2D eigenvalue weighted by Crippen LogP contribution is -2.43. The van der Waals surface area contributed by atoms with Gasteiger partial charge in [-0.3, -0.25) is 9.69 Å². The number of nitrogens with zero attached hydrogens (tertiary/aromatic N) is 3. The molecule has 0 fully saturated rings. The van der Waals surface area contributed by atoms with E-state index in [0.29, 0.717) is 12.2 Å². The molecular formula is C22H30N4O. The second-order valence-corrected chi connectivity index (χ2v) is 8.77. The number of imidazole rings is 1. The van der Waals surface area contributed by atoms with Crippen LogP contribution in [0.5, 0.6) is 0 Å². The number of carbonyl (C=O) groups is 1. The van der Waals surface area contributed by atoms with E-state index in [1.54, 1.807) is 0 Å². The second kappa shape index (κ2) is 7.47. The Morgan fingerprint density at radius 1 is 1.15 bits per heavy atom. The van der Waals surface area contributed by atoms with Crippen molar-refractivity contribution in [1.29, 1.82) is 0 Å². The van der Waals surface area contributed by atoms with Crippen molar-refractivity contribution in [1.82, 2.24) is 19.8 Å². The van der Waals surface area contributed by atoms with Crippen LogP contribution in [0.15, 0.2) is 30.5 Å². The first-order valence-electron chi connectivity index (χ1n) is 10.1. The summed E-state index contributed by atoms with van der Waals surface area (Å²) in [7, 11) is 0. The van der Waals surface area contributed by atoms with E-state index >= 15 is 0 Å². The molecule has 0 bridgehead atoms. The van der Waals surface area contributed by atoms with Crippen molar-refractivity contribution in [3.8, 4) is 0 Å². The molecule has 0 spiro atoms. The molecule has 5 nitrogen and oxygen atoms in total. The minimum absolute atomic E-state index is 0.0152. The maximum Gasteiger partial charge on any atom is 0.271 e. The highest BCUT2D eigenvalue weighted by Gasteiger charge is 2.26. The van der Waals surface area contributed by atoms with Crippen LogP contribution in [0.1, 0.15) is 54.1 Å². The summed E-state index contributed by atoms with van der Waals surface area (Å²) in [6.45, 7) is 9.16. The van der Waals surface area contributed by atoms with Crippen LogP contribution >= 0.6 is 0 Å². The number of nitrogens with one attached hydrogen (secondary N) is 1. The molecular weight excluding hydrogens is 336 g/mol. The Labute approximate surface area is 161 Å². The third kappa shape index (κ3) is 4.24. The van der Waals surface area contributed by atoms with Crippen LogP contribution in [0, 0.1) is 5.41 Å². The summed E-state index contributed by atoms with van der Waals surface area (Å²) < 4.78 is 2.13. The molecule has 0 atom stereocenters. The maximum absolute atomic E-state index is 12.6. The van der Waals surface area contributed by atoms with Gasteiger partial charge in [0, 0.05) is 45.3 Å². The third-order valence-electron chi connectivity index (χ3n) is 5.73. The van der Waals surface area contributed by atoms with Crippen LogP contribution in [0.4, 0.5) is 0 Å². The molecule has 1 aromatic heterocycles. The second-order valence-electron chi connectivity index (χ2n) is 8.77. The quantitative estimate of drug-likeness (QED) is 0.885. The third-order valence-corrected chi connectivity index (χ3v) is 5.73. The average Bonchev–Trinajstić information content (AvgIpc) is 3.10. The molecule has 0 unspecified atom stereocenters. The predicted molar refractivity (Wildman–Crippen MR) is 107 cm³/mol. The van der Waals surface area contributed by atoms with Crippen molar-refractivity contribution < 1.29 is 4.79 Å². The largest absolute Gasteiger partial charge is 0.350 e. The van der Waals surface area contributed by atoms with Crippen LogP contribution in [0.3, 0.4) is 0 Å². The lowest BCUT2D eigenvalue weighted by molar-refractivity contribution is 0.0912. The number of amides is 1. The molecule has 3 heterocycles. The number of rotatable bonds is 5. The molecule has 1 amide bonds. The minimum atomic E-state index is -0.0473. The summed E-state index contributed by atoms with van der Waals surface area (Å²) >= 11 is 0. The van der Waals surface area contributed by atoms with E-state index in [0.717, 1.165) is 44.8 Å². The highest BCUT2D eigenvalue weighted by Crippen LogP contribution is 2.23. The highest BCUT2D eigenvalue weighted by atomic mass is 16.1. The van der Waals surface area contributed by atoms with Gasteiger partial charge in [0.2, 0.25) is 0 Å². The number of fused-ring (bicyclic) bond motifs is 2. The van der Waals surface area contributed by atoms with E-state index < -0.39 is 0 Å². The van der Waals surface area contributed by atoms with Gasteiger partial charge in [0.05, 0.1) is 0 Å². The monoisotopic (exact) mass is 366 g/mol. The lowest BCUT2D eigenvalue weighted by atomic mass is 9.90. The molecule has 0 radical (unpaired) electrons. The van der Waals surface area contributed by atoms with Gasteiger partial charge < -0.3 is 9.88 Å². The molecule has 2 aliphatic heterocycles. The number of hydrogen-bond donors (Lipinski definition) is 1. The fourth-order valence-corrected chi connectivity index (χ4v) is 4.28. The fraction of sp³-hybridized carbons (Fsp3) is 0.545. The molecule has 0 saturated carbocycles. The van der Waals surface area contributed by atoms with E-state index in [9.17, 15) is 4.79 Å². The maximum atomic E-state index is 12.6. The van der Waals surface area contributed by atoms with Crippen molar-refractivity contribution in [2.45, 2.75) is 52.6 Å². The zero-order chi connectivity index (χ0) is 18.9. The first kappa shape index (κ1) is 18.2. The van der Waals surface area contributed by atoms with Gasteiger partial charge in [0.15, 0.2) is 0 Å². The summed E-state index contributed by atoms with van der Waals surface area (Å²) in [4.78, 5) is 19.6. The van der Waals surface area contributed by atoms with Gasteiger partial charge in [-0.1, -0.05) is 38.1 Å². The molecule has 27 heavy (non-hydrogen) atoms. The molecule has 144 valence electrons. The van der Waals surface area contributed by atoms with E-state index in [4.69, 9.17) is 0 Å². The Bertz CT molecular complexity index is 800. The van der Waals surface area contributed by atoms with E-state index in [1.165, 1.54) is 24.0 Å². The standard InChI is InChI=1S/C22H30N4O/c1-22(2,16-25-12-10-17-7-3-4-8-18(17)13-25)15-23-21(27)19-14-26-11-6-5-9-20(26)24-19/h3-4,7-8,14H,5-6,9-13,15-16H2,1-2H3,(H,23,27). The van der Waals surface area contributed by atoms with Crippen molar-refractivity contribution in [2.24, 2.45) is 5.41 Å². The topological polar surface area (TPSA) is 50.2 Å². The van der Waals surface area contributed by atoms with Gasteiger partial charge >= 0.3 is 0 Å². The van der Waals surface area contributed by atoms with Gasteiger partial charge in [-0.15, -0.1) is 0 Å². The first-order chi connectivity index (χ1) is 13.0. The Morgan fingerprint density at radius 3 is 2.78 bits per heavy atom. The minimum Gasteiger partial charge on any atom is -0.350 e. The molecule has 1 aromatic carbocycles. The van der Waals surface area contributed by atoms with Crippen molar-refractivity contribution >= 4 is 5.91 Å². The number of aromatic nitrogens is 2. The average molecular weight is 367 g/mol. The molecule has 0 saturated heterocycles. The summed E-state index contributed by atoms with van der Waals surface area (Å²) in [6.07, 6.45) is 6.35. The van der Waals surface area contributed by atoms with Gasteiger partial charge in [-0.05, 0) is 35.8 Å². The molecule has 2 aromatic rings. The molecule has 0 aliphatic carbocycles. The molecule has 1 N–H and O–H groups in total. The Kier molecular flexibility index (Phi) is 5.04. The molecule has 5 heteroatoms. The van der Waals surface area contributed by atoms with Gasteiger partial charge in [0.25, 0.3) is 5.91 Å². The van der Waals surface area contributed by atoms with Crippen LogP contribution in [0.25, 0.3) is 0 Å². The van der Waals surface area contributed by atoms with E-state index in [-0.39, 0.29) is 11.3 Å². The number of hydrogen-bond acceptors (Lipinski definition) is 3. The highest BCUT2D eigenvalue weighted by molar-refractivity contribution is 5.92. The number of aryl methyl sites for hydroxylation is 2. The Balaban J connectivity index is 1.32. The van der Waals surface area contributed by atoms with Crippen molar-refractivity contribution in [2.75, 3.05) is 19.6 Å². The van der Waals surface area contributed by atoms with Gasteiger partial charge in [-0.25, -0.2) is 4.98 Å². The predicted octanol–water partition coefficient (Wildman–Crippen LogP) is 3.03. The van der Waals surface area contributed by atoms with Crippen LogP contribution in [-0.2, 0) is 25.9 Å². The lowest BCUT2D eigenvalue weighted by Gasteiger charge is -2.35. The molecule has 2 aliphatic rings. The van der Waals surface area contributed by atoms with Crippen LogP contribution < -0.4 is 5.32 Å². The smallest absolute Gasteiger partial charge is 0.271 e. The summed E-state index contributed by atoms with van der Waals surface area (Å²) in [5, 5.41) is 3.12. The Hall–Kier alpha value is -2.14. The van der Waals surface area contributed by atoms with Gasteiger partial charge in [-0.2, -0.15) is 0 Å². The van der Waals surface area contributed by atoms with E-state index in [2.05, 4.69) is 57.9 Å². The zero-order valence-electron chi connectivity index (χ0n) is 16.5. The Morgan fingerprint density at radius 2 is 1.96 bits per heavy atom. The summed E-state index contributed by atoms with van der Waals surface area (Å²) in [5.41, 5.74) is 3.49. The zero-order valence-corrected chi connectivity index (χ0v) is 16.5. The first-order valence-corrected chi connectivity index (χ1v) is 10.1. The van der Waals surface area contributed by atoms with Crippen LogP contribution in [-0.4, -0.2) is 40.0 Å². The van der Waals surface area contributed by atoms with E-state index in [1.807, 2.05) is 6.20 Å². The summed E-state index contributed by atoms with van der Waals surface area (Å²) in [5.74, 6) is 1.01. The van der Waals surface area contributed by atoms with Crippen molar-refractivity contribution in [3.05, 3.63) is 53.1 Å². The van der Waals surface area contributed by atoms with Crippen molar-refractivity contribution in [3.63, 3.8) is 0 Å². The number of benzene rings is 1. The number of carbonyl (C=O) groups excluding carboxylic acids is 1. The van der Waals surface area contributed by atoms with Gasteiger partial charge in [0.1, 0.15) is 11.5 Å². The fourth-order valence-electron chi connectivity index (χ4n) is 4.28. The molecule has 4 rings (SSSR count). The van der Waals surface area contributed by atoms with Crippen LogP contribution in [0.2, 0.25) is 0 Å². The normalized spacial score (nSPS) is 17.3. The SMILES string of the molecule is CC(C)(CNC(=O)c1cn2c(n1)CCCC2)CN1CCc2ccccc2C1. The summed E-state index contributed by atoms with van der Waals surface area (Å²) in [6, 6.07) is 8.72.